The molecule has 22 heavy (non-hydrogen) atoms. The molecule has 2 heterocycles. The normalized spacial score (nSPS) is 26.4. The molecule has 2 aliphatic heterocycles. The highest BCUT2D eigenvalue weighted by Crippen LogP contribution is 2.42. The Balaban J connectivity index is 1.90. The van der Waals surface area contributed by atoms with Gasteiger partial charge in [0.1, 0.15) is 12.1 Å². The lowest BCUT2D eigenvalue weighted by atomic mass is 9.82. The summed E-state index contributed by atoms with van der Waals surface area (Å²) >= 11 is 0. The van der Waals surface area contributed by atoms with Crippen LogP contribution in [0.3, 0.4) is 0 Å². The second-order valence-electron chi connectivity index (χ2n) is 5.70. The Bertz CT molecular complexity index is 656. The number of hydrogen-bond acceptors (Lipinski definition) is 4. The Kier molecular flexibility index (Phi) is 3.60. The fraction of sp³-hybridized carbons (Fsp3) is 0.438. The third kappa shape index (κ3) is 2.34. The first kappa shape index (κ1) is 14.6. The Labute approximate surface area is 128 Å². The molecule has 6 nitrogen and oxygen atoms in total. The largest absolute Gasteiger partial charge is 0.455 e. The van der Waals surface area contributed by atoms with Crippen molar-refractivity contribution in [2.24, 2.45) is 5.92 Å². The van der Waals surface area contributed by atoms with E-state index in [4.69, 9.17) is 4.74 Å². The van der Waals surface area contributed by atoms with Crippen LogP contribution in [0.2, 0.25) is 0 Å². The molecule has 1 aromatic carbocycles. The molecule has 0 aliphatic carbocycles. The van der Waals surface area contributed by atoms with Gasteiger partial charge < -0.3 is 15.4 Å². The summed E-state index contributed by atoms with van der Waals surface area (Å²) in [5, 5.41) is 5.50. The highest BCUT2D eigenvalue weighted by Gasteiger charge is 2.46. The van der Waals surface area contributed by atoms with Gasteiger partial charge in [-0.05, 0) is 18.9 Å². The van der Waals surface area contributed by atoms with Gasteiger partial charge in [-0.15, -0.1) is 0 Å². The third-order valence-corrected chi connectivity index (χ3v) is 4.24. The zero-order chi connectivity index (χ0) is 15.9. The molecule has 0 bridgehead atoms. The number of esters is 1. The molecule has 0 aromatic heterocycles. The lowest BCUT2D eigenvalue weighted by molar-refractivity contribution is -0.166. The molecule has 1 aromatic rings. The number of ether oxygens (including phenoxy) is 1. The van der Waals surface area contributed by atoms with E-state index >= 15 is 0 Å². The van der Waals surface area contributed by atoms with E-state index in [1.165, 1.54) is 0 Å². The predicted octanol–water partition coefficient (Wildman–Crippen LogP) is 1.45. The van der Waals surface area contributed by atoms with Gasteiger partial charge in [-0.25, -0.2) is 4.79 Å². The van der Waals surface area contributed by atoms with Crippen molar-refractivity contribution in [1.29, 1.82) is 0 Å². The average Bonchev–Trinajstić information content (AvgIpc) is 2.50. The maximum absolute atomic E-state index is 12.3. The summed E-state index contributed by atoms with van der Waals surface area (Å²) in [6.45, 7) is 3.60. The predicted molar refractivity (Wildman–Crippen MR) is 79.0 cm³/mol. The molecule has 116 valence electrons. The van der Waals surface area contributed by atoms with Crippen LogP contribution in [-0.4, -0.2) is 23.8 Å². The molecule has 3 rings (SSSR count). The van der Waals surface area contributed by atoms with Gasteiger partial charge in [0, 0.05) is 12.0 Å². The molecule has 1 saturated heterocycles. The van der Waals surface area contributed by atoms with Crippen LogP contribution < -0.4 is 10.6 Å². The number of amides is 2. The first-order valence-electron chi connectivity index (χ1n) is 7.41. The van der Waals surface area contributed by atoms with E-state index < -0.39 is 24.0 Å². The first-order valence-corrected chi connectivity index (χ1v) is 7.41. The van der Waals surface area contributed by atoms with Crippen LogP contribution in [0.25, 0.3) is 0 Å². The first-order chi connectivity index (χ1) is 10.5. The molecule has 6 heteroatoms. The van der Waals surface area contributed by atoms with Crippen LogP contribution in [0, 0.1) is 12.8 Å². The second-order valence-corrected chi connectivity index (χ2v) is 5.70. The van der Waals surface area contributed by atoms with Crippen LogP contribution in [-0.2, 0) is 19.1 Å². The molecule has 0 saturated carbocycles. The molecular formula is C16H18N2O4. The minimum Gasteiger partial charge on any atom is -0.455 e. The van der Waals surface area contributed by atoms with E-state index in [0.29, 0.717) is 0 Å². The standard InChI is InChI=1S/C16H18N2O4/c1-3-12(19)17-11-7-10-14(22-16(11)21)9-6-4-5-8(2)13(9)18-15(10)20/h4-6,10-11,14H,3,7H2,1-2H3,(H,17,19)(H,18,20)/t10-,11+,14-/m1/s1. The van der Waals surface area contributed by atoms with E-state index in [1.807, 2.05) is 25.1 Å². The number of carbonyl (C=O) groups is 3. The Morgan fingerprint density at radius 3 is 2.91 bits per heavy atom. The number of fused-ring (bicyclic) bond motifs is 3. The number of carbonyl (C=O) groups excluding carboxylic acids is 3. The fourth-order valence-electron chi connectivity index (χ4n) is 3.02. The molecule has 1 fully saturated rings. The molecule has 0 radical (unpaired) electrons. The minimum absolute atomic E-state index is 0.171. The van der Waals surface area contributed by atoms with E-state index in [0.717, 1.165) is 16.8 Å². The maximum Gasteiger partial charge on any atom is 0.329 e. The summed E-state index contributed by atoms with van der Waals surface area (Å²) in [6, 6.07) is 4.87. The maximum atomic E-state index is 12.3. The number of para-hydroxylation sites is 1. The number of hydrogen-bond donors (Lipinski definition) is 2. The number of nitrogens with one attached hydrogen (secondary N) is 2. The van der Waals surface area contributed by atoms with Gasteiger partial charge in [0.15, 0.2) is 0 Å². The van der Waals surface area contributed by atoms with Crippen molar-refractivity contribution in [2.75, 3.05) is 5.32 Å². The number of aryl methyl sites for hydroxylation is 1. The van der Waals surface area contributed by atoms with Gasteiger partial charge in [0.05, 0.1) is 11.6 Å². The highest BCUT2D eigenvalue weighted by molar-refractivity contribution is 5.99. The van der Waals surface area contributed by atoms with Crippen molar-refractivity contribution >= 4 is 23.5 Å². The average molecular weight is 302 g/mol. The zero-order valence-corrected chi connectivity index (χ0v) is 12.5. The monoisotopic (exact) mass is 302 g/mol. The van der Waals surface area contributed by atoms with E-state index in [-0.39, 0.29) is 24.7 Å². The summed E-state index contributed by atoms with van der Waals surface area (Å²) in [6.07, 6.45) is -0.0356. The van der Waals surface area contributed by atoms with Crippen LogP contribution in [0.5, 0.6) is 0 Å². The lowest BCUT2D eigenvalue weighted by Crippen LogP contribution is -2.51. The van der Waals surface area contributed by atoms with Crippen molar-refractivity contribution in [3.63, 3.8) is 0 Å². The van der Waals surface area contributed by atoms with Crippen LogP contribution in [0.15, 0.2) is 18.2 Å². The van der Waals surface area contributed by atoms with Crippen molar-refractivity contribution < 1.29 is 19.1 Å². The Hall–Kier alpha value is -2.37. The number of anilines is 1. The van der Waals surface area contributed by atoms with Crippen molar-refractivity contribution in [3.8, 4) is 0 Å². The van der Waals surface area contributed by atoms with Crippen molar-refractivity contribution in [3.05, 3.63) is 29.3 Å². The zero-order valence-electron chi connectivity index (χ0n) is 12.5. The molecular weight excluding hydrogens is 284 g/mol. The quantitative estimate of drug-likeness (QED) is 0.810. The highest BCUT2D eigenvalue weighted by atomic mass is 16.5. The molecule has 2 amide bonds. The molecule has 2 aliphatic rings. The lowest BCUT2D eigenvalue weighted by Gasteiger charge is -2.39. The second kappa shape index (κ2) is 5.44. The summed E-state index contributed by atoms with van der Waals surface area (Å²) in [5.41, 5.74) is 2.47. The molecule has 0 unspecified atom stereocenters. The van der Waals surface area contributed by atoms with Crippen molar-refractivity contribution in [1.82, 2.24) is 5.32 Å². The van der Waals surface area contributed by atoms with Crippen molar-refractivity contribution in [2.45, 2.75) is 38.8 Å². The molecule has 0 spiro atoms. The summed E-state index contributed by atoms with van der Waals surface area (Å²) in [4.78, 5) is 36.0. The third-order valence-electron chi connectivity index (χ3n) is 4.24. The van der Waals surface area contributed by atoms with Gasteiger partial charge in [-0.3, -0.25) is 9.59 Å². The topological polar surface area (TPSA) is 84.5 Å². The van der Waals surface area contributed by atoms with E-state index in [1.54, 1.807) is 6.92 Å². The fourth-order valence-corrected chi connectivity index (χ4v) is 3.02. The minimum atomic E-state index is -0.759. The van der Waals surface area contributed by atoms with Crippen LogP contribution in [0.4, 0.5) is 5.69 Å². The number of benzene rings is 1. The van der Waals surface area contributed by atoms with Gasteiger partial charge in [-0.1, -0.05) is 25.1 Å². The van der Waals surface area contributed by atoms with Crippen LogP contribution in [0.1, 0.15) is 37.0 Å². The summed E-state index contributed by atoms with van der Waals surface area (Å²) < 4.78 is 5.49. The summed E-state index contributed by atoms with van der Waals surface area (Å²) in [5.74, 6) is -1.36. The van der Waals surface area contributed by atoms with Gasteiger partial charge >= 0.3 is 5.97 Å². The van der Waals surface area contributed by atoms with Crippen LogP contribution >= 0.6 is 0 Å². The summed E-state index contributed by atoms with van der Waals surface area (Å²) in [7, 11) is 0. The Morgan fingerprint density at radius 2 is 2.18 bits per heavy atom. The Morgan fingerprint density at radius 1 is 1.41 bits per heavy atom. The van der Waals surface area contributed by atoms with Gasteiger partial charge in [0.25, 0.3) is 0 Å². The van der Waals surface area contributed by atoms with E-state index in [9.17, 15) is 14.4 Å². The van der Waals surface area contributed by atoms with Gasteiger partial charge in [-0.2, -0.15) is 0 Å². The van der Waals surface area contributed by atoms with Gasteiger partial charge in [0.2, 0.25) is 11.8 Å². The van der Waals surface area contributed by atoms with E-state index in [2.05, 4.69) is 10.6 Å². The number of rotatable bonds is 2. The molecule has 3 atom stereocenters. The smallest absolute Gasteiger partial charge is 0.329 e. The molecule has 2 N–H and O–H groups in total. The SMILES string of the molecule is CCC(=O)N[C@H]1C[C@H]2C(=O)Nc3c(C)cccc3[C@H]2OC1=O.